The highest BCUT2D eigenvalue weighted by molar-refractivity contribution is 5.62. The fourth-order valence-corrected chi connectivity index (χ4v) is 3.62. The van der Waals surface area contributed by atoms with E-state index in [1.165, 1.54) is 11.8 Å². The Hall–Kier alpha value is -3.39. The van der Waals surface area contributed by atoms with Crippen LogP contribution in [0.3, 0.4) is 0 Å². The average molecular weight is 405 g/mol. The minimum Gasteiger partial charge on any atom is -0.481 e. The molecule has 1 aliphatic heterocycles. The summed E-state index contributed by atoms with van der Waals surface area (Å²) in [5.41, 5.74) is 3.49. The lowest BCUT2D eigenvalue weighted by atomic mass is 9.90. The number of hydrogen-bond acceptors (Lipinski definition) is 7. The van der Waals surface area contributed by atoms with Crippen LogP contribution in [-0.4, -0.2) is 44.9 Å². The zero-order valence-corrected chi connectivity index (χ0v) is 16.8. The second-order valence-corrected chi connectivity index (χ2v) is 7.50. The van der Waals surface area contributed by atoms with E-state index in [9.17, 15) is 10.1 Å². The maximum absolute atomic E-state index is 11.4. The Morgan fingerprint density at radius 3 is 2.57 bits per heavy atom. The SMILES string of the molecule is CN1CCC(c2ccc(-c3cnc([N+](=O)[O-])c(OCc4ccncc4)c3)nc2)CC1. The predicted molar refractivity (Wildman–Crippen MR) is 112 cm³/mol. The molecule has 3 aromatic heterocycles. The summed E-state index contributed by atoms with van der Waals surface area (Å²) >= 11 is 0. The molecule has 30 heavy (non-hydrogen) atoms. The van der Waals surface area contributed by atoms with Gasteiger partial charge < -0.3 is 19.8 Å². The third-order valence-corrected chi connectivity index (χ3v) is 5.42. The smallest absolute Gasteiger partial charge is 0.406 e. The minimum absolute atomic E-state index is 0.121. The second-order valence-electron chi connectivity index (χ2n) is 7.50. The van der Waals surface area contributed by atoms with Crippen molar-refractivity contribution in [1.29, 1.82) is 0 Å². The summed E-state index contributed by atoms with van der Waals surface area (Å²) in [4.78, 5) is 25.7. The number of pyridine rings is 3. The van der Waals surface area contributed by atoms with E-state index in [1.807, 2.05) is 12.3 Å². The van der Waals surface area contributed by atoms with Gasteiger partial charge in [-0.2, -0.15) is 0 Å². The van der Waals surface area contributed by atoms with Crippen molar-refractivity contribution in [2.24, 2.45) is 0 Å². The number of ether oxygens (including phenoxy) is 1. The summed E-state index contributed by atoms with van der Waals surface area (Å²) in [6.07, 6.45) is 8.93. The molecule has 3 aromatic rings. The molecule has 0 radical (unpaired) electrons. The highest BCUT2D eigenvalue weighted by Crippen LogP contribution is 2.32. The van der Waals surface area contributed by atoms with Gasteiger partial charge in [-0.15, -0.1) is 0 Å². The number of aromatic nitrogens is 3. The molecule has 0 amide bonds. The third-order valence-electron chi connectivity index (χ3n) is 5.42. The first-order valence-electron chi connectivity index (χ1n) is 9.91. The number of hydrogen-bond donors (Lipinski definition) is 0. The van der Waals surface area contributed by atoms with Crippen molar-refractivity contribution in [3.63, 3.8) is 0 Å². The van der Waals surface area contributed by atoms with Crippen LogP contribution in [0, 0.1) is 10.1 Å². The Morgan fingerprint density at radius 1 is 1.13 bits per heavy atom. The maximum atomic E-state index is 11.4. The topological polar surface area (TPSA) is 94.3 Å². The van der Waals surface area contributed by atoms with Gasteiger partial charge >= 0.3 is 5.82 Å². The fraction of sp³-hybridized carbons (Fsp3) is 0.318. The molecule has 0 atom stereocenters. The van der Waals surface area contributed by atoms with Crippen LogP contribution in [-0.2, 0) is 6.61 Å². The molecule has 0 saturated carbocycles. The van der Waals surface area contributed by atoms with Gasteiger partial charge in [-0.25, -0.2) is 0 Å². The lowest BCUT2D eigenvalue weighted by molar-refractivity contribution is -0.390. The van der Waals surface area contributed by atoms with Crippen LogP contribution in [0.1, 0.15) is 29.9 Å². The molecule has 1 saturated heterocycles. The first-order chi connectivity index (χ1) is 14.6. The number of likely N-dealkylation sites (tertiary alicyclic amines) is 1. The van der Waals surface area contributed by atoms with Gasteiger partial charge in [-0.3, -0.25) is 9.97 Å². The molecule has 0 aromatic carbocycles. The molecule has 0 bridgehead atoms. The van der Waals surface area contributed by atoms with E-state index < -0.39 is 4.92 Å². The predicted octanol–water partition coefficient (Wildman–Crippen LogP) is 3.84. The van der Waals surface area contributed by atoms with Gasteiger partial charge in [0.05, 0.1) is 5.69 Å². The molecule has 0 aliphatic carbocycles. The van der Waals surface area contributed by atoms with Gasteiger partial charge in [-0.1, -0.05) is 6.07 Å². The lowest BCUT2D eigenvalue weighted by Gasteiger charge is -2.29. The van der Waals surface area contributed by atoms with Crippen LogP contribution in [0.2, 0.25) is 0 Å². The van der Waals surface area contributed by atoms with Crippen molar-refractivity contribution in [2.45, 2.75) is 25.4 Å². The lowest BCUT2D eigenvalue weighted by Crippen LogP contribution is -2.29. The Bertz CT molecular complexity index is 1000. The highest BCUT2D eigenvalue weighted by Gasteiger charge is 2.21. The van der Waals surface area contributed by atoms with Gasteiger partial charge in [0.1, 0.15) is 12.8 Å². The summed E-state index contributed by atoms with van der Waals surface area (Å²) in [5, 5.41) is 11.4. The van der Waals surface area contributed by atoms with Crippen molar-refractivity contribution < 1.29 is 9.66 Å². The maximum Gasteiger partial charge on any atom is 0.406 e. The molecule has 4 rings (SSSR count). The fourth-order valence-electron chi connectivity index (χ4n) is 3.62. The monoisotopic (exact) mass is 405 g/mol. The summed E-state index contributed by atoms with van der Waals surface area (Å²) in [6.45, 7) is 2.38. The highest BCUT2D eigenvalue weighted by atomic mass is 16.6. The summed E-state index contributed by atoms with van der Waals surface area (Å²) in [7, 11) is 2.15. The normalized spacial score (nSPS) is 15.1. The van der Waals surface area contributed by atoms with Crippen LogP contribution in [0.4, 0.5) is 5.82 Å². The Labute approximate surface area is 174 Å². The number of rotatable bonds is 6. The van der Waals surface area contributed by atoms with Crippen molar-refractivity contribution in [3.05, 3.63) is 76.4 Å². The molecule has 8 heteroatoms. The summed E-state index contributed by atoms with van der Waals surface area (Å²) in [5.74, 6) is 0.336. The second kappa shape index (κ2) is 8.96. The molecule has 1 aliphatic rings. The summed E-state index contributed by atoms with van der Waals surface area (Å²) < 4.78 is 5.71. The standard InChI is InChI=1S/C22H23N5O3/c1-26-10-6-17(7-11-26)18-2-3-20(24-13-18)19-12-21(22(25-14-19)27(28)29)30-15-16-4-8-23-9-5-16/h2-5,8-9,12-14,17H,6-7,10-11,15H2,1H3. The molecular weight excluding hydrogens is 382 g/mol. The summed E-state index contributed by atoms with van der Waals surface area (Å²) in [6, 6.07) is 9.27. The first kappa shape index (κ1) is 19.9. The van der Waals surface area contributed by atoms with E-state index in [-0.39, 0.29) is 18.2 Å². The van der Waals surface area contributed by atoms with E-state index in [1.54, 1.807) is 30.6 Å². The van der Waals surface area contributed by atoms with Crippen molar-refractivity contribution in [3.8, 4) is 17.0 Å². The Kier molecular flexibility index (Phi) is 5.94. The molecule has 0 N–H and O–H groups in total. The van der Waals surface area contributed by atoms with E-state index in [0.29, 0.717) is 17.2 Å². The number of piperidine rings is 1. The van der Waals surface area contributed by atoms with Gasteiger partial charge in [0.15, 0.2) is 0 Å². The Morgan fingerprint density at radius 2 is 1.90 bits per heavy atom. The van der Waals surface area contributed by atoms with Gasteiger partial charge in [0.2, 0.25) is 5.75 Å². The van der Waals surface area contributed by atoms with Crippen molar-refractivity contribution in [1.82, 2.24) is 19.9 Å². The molecule has 154 valence electrons. The van der Waals surface area contributed by atoms with E-state index in [0.717, 1.165) is 31.5 Å². The van der Waals surface area contributed by atoms with E-state index in [2.05, 4.69) is 33.0 Å². The Balaban J connectivity index is 1.54. The van der Waals surface area contributed by atoms with Gasteiger partial charge in [0.25, 0.3) is 0 Å². The largest absolute Gasteiger partial charge is 0.481 e. The quantitative estimate of drug-likeness (QED) is 0.454. The molecular formula is C22H23N5O3. The third kappa shape index (κ3) is 4.60. The molecule has 4 heterocycles. The van der Waals surface area contributed by atoms with Gasteiger partial charge in [0, 0.05) is 30.2 Å². The van der Waals surface area contributed by atoms with Crippen LogP contribution in [0.15, 0.2) is 55.1 Å². The molecule has 0 spiro atoms. The van der Waals surface area contributed by atoms with Crippen LogP contribution in [0.5, 0.6) is 5.75 Å². The molecule has 8 nitrogen and oxygen atoms in total. The van der Waals surface area contributed by atoms with E-state index in [4.69, 9.17) is 4.74 Å². The average Bonchev–Trinajstić information content (AvgIpc) is 2.79. The first-order valence-corrected chi connectivity index (χ1v) is 9.91. The van der Waals surface area contributed by atoms with Crippen LogP contribution in [0.25, 0.3) is 11.3 Å². The van der Waals surface area contributed by atoms with Crippen LogP contribution >= 0.6 is 0 Å². The van der Waals surface area contributed by atoms with Crippen molar-refractivity contribution >= 4 is 5.82 Å². The molecule has 0 unspecified atom stereocenters. The van der Waals surface area contributed by atoms with Crippen molar-refractivity contribution in [2.75, 3.05) is 20.1 Å². The van der Waals surface area contributed by atoms with E-state index >= 15 is 0 Å². The molecule has 1 fully saturated rings. The van der Waals surface area contributed by atoms with Crippen LogP contribution < -0.4 is 4.74 Å². The van der Waals surface area contributed by atoms with Gasteiger partial charge in [-0.05, 0) is 78.1 Å². The minimum atomic E-state index is -0.539. The number of nitro groups is 1. The number of nitrogens with zero attached hydrogens (tertiary/aromatic N) is 5. The zero-order valence-electron chi connectivity index (χ0n) is 16.8. The zero-order chi connectivity index (χ0) is 20.9.